The molecule has 1 aliphatic carbocycles. The molecular weight excluding hydrogens is 236 g/mol. The van der Waals surface area contributed by atoms with Crippen LogP contribution in [0.5, 0.6) is 0 Å². The molecule has 0 heterocycles. The summed E-state index contributed by atoms with van der Waals surface area (Å²) in [5, 5.41) is 0. The molecule has 0 bridgehead atoms. The van der Waals surface area contributed by atoms with Crippen molar-refractivity contribution in [3.8, 4) is 0 Å². The summed E-state index contributed by atoms with van der Waals surface area (Å²) in [6.45, 7) is 13.1. The van der Waals surface area contributed by atoms with Crippen LogP contribution in [0.15, 0.2) is 23.3 Å². The fourth-order valence-corrected chi connectivity index (χ4v) is 2.65. The van der Waals surface area contributed by atoms with Gasteiger partial charge in [-0.05, 0) is 51.9 Å². The molecule has 0 unspecified atom stereocenters. The van der Waals surface area contributed by atoms with Crippen LogP contribution in [0.1, 0.15) is 54.4 Å². The largest absolute Gasteiger partial charge is 0.466 e. The normalized spacial score (nSPS) is 24.8. The zero-order valence-corrected chi connectivity index (χ0v) is 13.2. The Morgan fingerprint density at radius 3 is 2.42 bits per heavy atom. The van der Waals surface area contributed by atoms with E-state index >= 15 is 0 Å². The monoisotopic (exact) mass is 264 g/mol. The number of esters is 1. The Balaban J connectivity index is 2.56. The summed E-state index contributed by atoms with van der Waals surface area (Å²) in [5.74, 6) is 0.356. The molecule has 0 aromatic carbocycles. The van der Waals surface area contributed by atoms with Gasteiger partial charge in [0.25, 0.3) is 0 Å². The van der Waals surface area contributed by atoms with Crippen molar-refractivity contribution in [2.75, 3.05) is 6.61 Å². The third-order valence-corrected chi connectivity index (χ3v) is 4.01. The summed E-state index contributed by atoms with van der Waals surface area (Å²) in [7, 11) is 0. The number of allylic oxidation sites excluding steroid dienone is 4. The number of hydrogen-bond acceptors (Lipinski definition) is 2. The number of hydrogen-bond donors (Lipinski definition) is 0. The maximum absolute atomic E-state index is 11.9. The first-order valence-electron chi connectivity index (χ1n) is 7.28. The van der Waals surface area contributed by atoms with Gasteiger partial charge in [0, 0.05) is 0 Å². The topological polar surface area (TPSA) is 26.3 Å². The van der Waals surface area contributed by atoms with Crippen LogP contribution in [0.4, 0.5) is 0 Å². The van der Waals surface area contributed by atoms with Gasteiger partial charge in [-0.25, -0.2) is 0 Å². The maximum atomic E-state index is 11.9. The van der Waals surface area contributed by atoms with Gasteiger partial charge in [0.15, 0.2) is 0 Å². The fraction of sp³-hybridized carbons (Fsp3) is 0.706. The molecule has 0 N–H and O–H groups in total. The van der Waals surface area contributed by atoms with Crippen molar-refractivity contribution in [3.63, 3.8) is 0 Å². The summed E-state index contributed by atoms with van der Waals surface area (Å²) >= 11 is 0. The molecule has 0 aromatic rings. The van der Waals surface area contributed by atoms with Gasteiger partial charge >= 0.3 is 5.97 Å². The van der Waals surface area contributed by atoms with Crippen molar-refractivity contribution in [2.45, 2.75) is 54.4 Å². The Morgan fingerprint density at radius 1 is 1.26 bits per heavy atom. The van der Waals surface area contributed by atoms with Gasteiger partial charge in [0.1, 0.15) is 0 Å². The quantitative estimate of drug-likeness (QED) is 0.521. The summed E-state index contributed by atoms with van der Waals surface area (Å²) in [5.41, 5.74) is 2.80. The first-order valence-corrected chi connectivity index (χ1v) is 7.28. The molecule has 0 spiro atoms. The minimum atomic E-state index is -0.0363. The van der Waals surface area contributed by atoms with E-state index in [0.29, 0.717) is 12.5 Å². The molecule has 0 aliphatic heterocycles. The average Bonchev–Trinajstić information content (AvgIpc) is 2.80. The summed E-state index contributed by atoms with van der Waals surface area (Å²) in [6, 6.07) is 0. The summed E-state index contributed by atoms with van der Waals surface area (Å²) < 4.78 is 5.15. The second kappa shape index (κ2) is 6.40. The maximum Gasteiger partial charge on any atom is 0.310 e. The van der Waals surface area contributed by atoms with Crippen molar-refractivity contribution in [1.29, 1.82) is 0 Å². The van der Waals surface area contributed by atoms with Crippen LogP contribution in [-0.4, -0.2) is 12.6 Å². The van der Waals surface area contributed by atoms with Crippen LogP contribution in [0.25, 0.3) is 0 Å². The lowest BCUT2D eigenvalue weighted by atomic mass is 10.1. The highest BCUT2D eigenvalue weighted by Gasteiger charge is 2.61. The van der Waals surface area contributed by atoms with Crippen molar-refractivity contribution < 1.29 is 9.53 Å². The van der Waals surface area contributed by atoms with E-state index in [4.69, 9.17) is 4.74 Å². The first kappa shape index (κ1) is 16.0. The fourth-order valence-electron chi connectivity index (χ4n) is 2.65. The summed E-state index contributed by atoms with van der Waals surface area (Å²) in [6.07, 6.45) is 6.70. The van der Waals surface area contributed by atoms with Crippen molar-refractivity contribution in [1.82, 2.24) is 0 Å². The van der Waals surface area contributed by atoms with Gasteiger partial charge < -0.3 is 4.74 Å². The standard InChI is InChI=1S/C17H28O2/c1-7-19-16(18)15-14(17(15,5)6)11-13(4)10-8-9-12(2)3/h9,11,14-15H,7-8,10H2,1-6H3/b13-11+/t14-,15+/m0/s1. The molecule has 19 heavy (non-hydrogen) atoms. The third kappa shape index (κ3) is 4.22. The Bertz CT molecular complexity index is 384. The van der Waals surface area contributed by atoms with E-state index in [-0.39, 0.29) is 17.3 Å². The van der Waals surface area contributed by atoms with Gasteiger partial charge in [0.05, 0.1) is 12.5 Å². The van der Waals surface area contributed by atoms with E-state index in [9.17, 15) is 4.79 Å². The molecule has 0 amide bonds. The second-order valence-corrected chi connectivity index (χ2v) is 6.41. The van der Waals surface area contributed by atoms with Crippen LogP contribution in [-0.2, 0) is 9.53 Å². The Kier molecular flexibility index (Phi) is 5.39. The highest BCUT2D eigenvalue weighted by atomic mass is 16.5. The summed E-state index contributed by atoms with van der Waals surface area (Å²) in [4.78, 5) is 11.9. The number of carbonyl (C=O) groups is 1. The molecule has 0 saturated heterocycles. The minimum Gasteiger partial charge on any atom is -0.466 e. The first-order chi connectivity index (χ1) is 8.80. The van der Waals surface area contributed by atoms with E-state index in [1.54, 1.807) is 0 Å². The molecule has 0 radical (unpaired) electrons. The Labute approximate surface area is 117 Å². The molecule has 2 heteroatoms. The second-order valence-electron chi connectivity index (χ2n) is 6.41. The van der Waals surface area contributed by atoms with Crippen LogP contribution in [0, 0.1) is 17.3 Å². The van der Waals surface area contributed by atoms with Crippen molar-refractivity contribution in [3.05, 3.63) is 23.3 Å². The highest BCUT2D eigenvalue weighted by molar-refractivity contribution is 5.78. The molecule has 0 aromatic heterocycles. The smallest absolute Gasteiger partial charge is 0.310 e. The zero-order chi connectivity index (χ0) is 14.6. The van der Waals surface area contributed by atoms with Gasteiger partial charge in [-0.1, -0.05) is 37.1 Å². The van der Waals surface area contributed by atoms with Crippen LogP contribution in [0.2, 0.25) is 0 Å². The van der Waals surface area contributed by atoms with E-state index in [1.807, 2.05) is 6.92 Å². The lowest BCUT2D eigenvalue weighted by Crippen LogP contribution is -2.10. The molecule has 1 fully saturated rings. The lowest BCUT2D eigenvalue weighted by Gasteiger charge is -2.01. The van der Waals surface area contributed by atoms with Crippen molar-refractivity contribution in [2.24, 2.45) is 17.3 Å². The van der Waals surface area contributed by atoms with Crippen LogP contribution >= 0.6 is 0 Å². The zero-order valence-electron chi connectivity index (χ0n) is 13.2. The highest BCUT2D eigenvalue weighted by Crippen LogP contribution is 2.59. The van der Waals surface area contributed by atoms with E-state index in [0.717, 1.165) is 12.8 Å². The molecule has 108 valence electrons. The molecule has 1 rings (SSSR count). The molecular formula is C17H28O2. The SMILES string of the molecule is CCOC(=O)[C@H]1[C@H](/C=C(\C)CCC=C(C)C)C1(C)C. The van der Waals surface area contributed by atoms with Crippen LogP contribution < -0.4 is 0 Å². The third-order valence-electron chi connectivity index (χ3n) is 4.01. The minimum absolute atomic E-state index is 0.0363. The van der Waals surface area contributed by atoms with E-state index in [2.05, 4.69) is 46.8 Å². The van der Waals surface area contributed by atoms with Gasteiger partial charge in [0.2, 0.25) is 0 Å². The van der Waals surface area contributed by atoms with E-state index < -0.39 is 0 Å². The number of ether oxygens (including phenoxy) is 1. The van der Waals surface area contributed by atoms with Gasteiger partial charge in [-0.15, -0.1) is 0 Å². The molecule has 1 aliphatic rings. The lowest BCUT2D eigenvalue weighted by molar-refractivity contribution is -0.145. The molecule has 1 saturated carbocycles. The van der Waals surface area contributed by atoms with Gasteiger partial charge in [-0.3, -0.25) is 4.79 Å². The van der Waals surface area contributed by atoms with Gasteiger partial charge in [-0.2, -0.15) is 0 Å². The number of rotatable bonds is 6. The Morgan fingerprint density at radius 2 is 1.89 bits per heavy atom. The molecule has 2 nitrogen and oxygen atoms in total. The van der Waals surface area contributed by atoms with Crippen molar-refractivity contribution >= 4 is 5.97 Å². The van der Waals surface area contributed by atoms with Crippen LogP contribution in [0.3, 0.4) is 0 Å². The van der Waals surface area contributed by atoms with E-state index in [1.165, 1.54) is 11.1 Å². The molecule has 2 atom stereocenters. The number of carbonyl (C=O) groups excluding carboxylic acids is 1. The average molecular weight is 264 g/mol. The predicted molar refractivity (Wildman–Crippen MR) is 79.8 cm³/mol. The predicted octanol–water partition coefficient (Wildman–Crippen LogP) is 4.51. The Hall–Kier alpha value is -1.05.